The van der Waals surface area contributed by atoms with Gasteiger partial charge in [0.05, 0.1) is 31.2 Å². The summed E-state index contributed by atoms with van der Waals surface area (Å²) in [5.41, 5.74) is 2.46. The molecule has 2 rings (SSSR count). The molecule has 2 heterocycles. The van der Waals surface area contributed by atoms with Gasteiger partial charge in [-0.3, -0.25) is 4.79 Å². The standard InChI is InChI=1S/C10H12N4O2S/c1-6-7(17-5-14-6)3-11-9-8(16-2)10(15)13-4-12-9/h4-5H,3H2,1-2H3,(H2,11,12,13,15). The minimum atomic E-state index is -0.300. The number of methoxy groups -OCH3 is 1. The quantitative estimate of drug-likeness (QED) is 0.853. The smallest absolute Gasteiger partial charge is 0.295 e. The summed E-state index contributed by atoms with van der Waals surface area (Å²) >= 11 is 1.56. The zero-order chi connectivity index (χ0) is 12.3. The van der Waals surface area contributed by atoms with Gasteiger partial charge in [0.2, 0.25) is 5.75 Å². The third-order valence-electron chi connectivity index (χ3n) is 2.28. The van der Waals surface area contributed by atoms with Crippen molar-refractivity contribution in [1.82, 2.24) is 15.0 Å². The lowest BCUT2D eigenvalue weighted by molar-refractivity contribution is 0.408. The van der Waals surface area contributed by atoms with E-state index in [-0.39, 0.29) is 11.3 Å². The first kappa shape index (κ1) is 11.6. The topological polar surface area (TPSA) is 79.9 Å². The molecule has 7 heteroatoms. The van der Waals surface area contributed by atoms with Crippen molar-refractivity contribution in [2.75, 3.05) is 12.4 Å². The molecule has 6 nitrogen and oxygen atoms in total. The number of anilines is 1. The zero-order valence-electron chi connectivity index (χ0n) is 9.48. The van der Waals surface area contributed by atoms with E-state index in [2.05, 4.69) is 20.3 Å². The highest BCUT2D eigenvalue weighted by Gasteiger charge is 2.09. The van der Waals surface area contributed by atoms with Crippen molar-refractivity contribution < 1.29 is 4.74 Å². The Morgan fingerprint density at radius 1 is 1.53 bits per heavy atom. The Hall–Kier alpha value is -1.89. The Kier molecular flexibility index (Phi) is 3.38. The van der Waals surface area contributed by atoms with Crippen LogP contribution in [0.5, 0.6) is 5.75 Å². The molecular weight excluding hydrogens is 240 g/mol. The average Bonchev–Trinajstić information content (AvgIpc) is 2.72. The molecule has 17 heavy (non-hydrogen) atoms. The van der Waals surface area contributed by atoms with E-state index in [1.807, 2.05) is 6.92 Å². The fraction of sp³-hybridized carbons (Fsp3) is 0.300. The van der Waals surface area contributed by atoms with E-state index in [1.165, 1.54) is 13.4 Å². The summed E-state index contributed by atoms with van der Waals surface area (Å²) < 4.78 is 5.00. The Morgan fingerprint density at radius 3 is 3.00 bits per heavy atom. The van der Waals surface area contributed by atoms with Crippen LogP contribution in [0.1, 0.15) is 10.6 Å². The molecule has 0 spiro atoms. The molecule has 90 valence electrons. The predicted octanol–water partition coefficient (Wildman–Crippen LogP) is 1.16. The molecule has 0 amide bonds. The van der Waals surface area contributed by atoms with Gasteiger partial charge in [-0.1, -0.05) is 0 Å². The van der Waals surface area contributed by atoms with Crippen LogP contribution in [-0.2, 0) is 6.54 Å². The van der Waals surface area contributed by atoms with E-state index in [0.29, 0.717) is 12.4 Å². The van der Waals surface area contributed by atoms with Crippen molar-refractivity contribution in [2.24, 2.45) is 0 Å². The van der Waals surface area contributed by atoms with Crippen molar-refractivity contribution >= 4 is 17.2 Å². The number of aromatic amines is 1. The van der Waals surface area contributed by atoms with Gasteiger partial charge in [-0.15, -0.1) is 11.3 Å². The number of aryl methyl sites for hydroxylation is 1. The Bertz CT molecular complexity index is 563. The summed E-state index contributed by atoms with van der Waals surface area (Å²) in [5.74, 6) is 0.624. The van der Waals surface area contributed by atoms with Crippen molar-refractivity contribution in [3.63, 3.8) is 0 Å². The van der Waals surface area contributed by atoms with E-state index in [4.69, 9.17) is 4.74 Å². The van der Waals surface area contributed by atoms with Gasteiger partial charge in [0, 0.05) is 4.88 Å². The molecule has 0 radical (unpaired) electrons. The molecular formula is C10H12N4O2S. The summed E-state index contributed by atoms with van der Waals surface area (Å²) in [6, 6.07) is 0. The van der Waals surface area contributed by atoms with Gasteiger partial charge in [0.1, 0.15) is 0 Å². The normalized spacial score (nSPS) is 10.2. The van der Waals surface area contributed by atoms with Crippen LogP contribution in [0, 0.1) is 6.92 Å². The first-order chi connectivity index (χ1) is 8.22. The van der Waals surface area contributed by atoms with Crippen LogP contribution in [0.3, 0.4) is 0 Å². The van der Waals surface area contributed by atoms with Crippen LogP contribution < -0.4 is 15.6 Å². The van der Waals surface area contributed by atoms with E-state index in [0.717, 1.165) is 10.6 Å². The van der Waals surface area contributed by atoms with Crippen LogP contribution in [0.25, 0.3) is 0 Å². The van der Waals surface area contributed by atoms with Gasteiger partial charge < -0.3 is 15.0 Å². The van der Waals surface area contributed by atoms with Crippen LogP contribution in [0.15, 0.2) is 16.6 Å². The van der Waals surface area contributed by atoms with E-state index in [1.54, 1.807) is 16.8 Å². The minimum absolute atomic E-state index is 0.190. The molecule has 0 fully saturated rings. The maximum atomic E-state index is 11.4. The van der Waals surface area contributed by atoms with Crippen LogP contribution in [0.4, 0.5) is 5.82 Å². The molecule has 0 aromatic carbocycles. The third-order valence-corrected chi connectivity index (χ3v) is 3.21. The number of hydrogen-bond donors (Lipinski definition) is 2. The maximum Gasteiger partial charge on any atom is 0.295 e. The Labute approximate surface area is 102 Å². The molecule has 0 unspecified atom stereocenters. The minimum Gasteiger partial charge on any atom is -0.489 e. The molecule has 2 aromatic heterocycles. The average molecular weight is 252 g/mol. The second-order valence-electron chi connectivity index (χ2n) is 3.33. The lowest BCUT2D eigenvalue weighted by Crippen LogP contribution is -2.13. The fourth-order valence-corrected chi connectivity index (χ4v) is 2.08. The monoisotopic (exact) mass is 252 g/mol. The van der Waals surface area contributed by atoms with Crippen molar-refractivity contribution in [1.29, 1.82) is 0 Å². The molecule has 0 aliphatic carbocycles. The number of rotatable bonds is 4. The lowest BCUT2D eigenvalue weighted by atomic mass is 10.4. The van der Waals surface area contributed by atoms with Crippen LogP contribution in [0.2, 0.25) is 0 Å². The maximum absolute atomic E-state index is 11.4. The highest BCUT2D eigenvalue weighted by molar-refractivity contribution is 7.09. The fourth-order valence-electron chi connectivity index (χ4n) is 1.36. The second-order valence-corrected chi connectivity index (χ2v) is 4.27. The summed E-state index contributed by atoms with van der Waals surface area (Å²) in [5, 5.41) is 3.06. The number of hydrogen-bond acceptors (Lipinski definition) is 6. The van der Waals surface area contributed by atoms with Crippen LogP contribution in [-0.4, -0.2) is 22.1 Å². The molecule has 0 saturated heterocycles. The Balaban J connectivity index is 2.17. The largest absolute Gasteiger partial charge is 0.489 e. The number of ether oxygens (including phenoxy) is 1. The van der Waals surface area contributed by atoms with Gasteiger partial charge in [0.15, 0.2) is 5.82 Å². The molecule has 0 aliphatic rings. The molecule has 0 bridgehead atoms. The van der Waals surface area contributed by atoms with Gasteiger partial charge in [-0.05, 0) is 6.92 Å². The van der Waals surface area contributed by atoms with Gasteiger partial charge in [0.25, 0.3) is 5.56 Å². The lowest BCUT2D eigenvalue weighted by Gasteiger charge is -2.07. The van der Waals surface area contributed by atoms with Gasteiger partial charge in [-0.2, -0.15) is 0 Å². The van der Waals surface area contributed by atoms with Crippen molar-refractivity contribution in [3.05, 3.63) is 32.8 Å². The number of nitrogens with zero attached hydrogens (tertiary/aromatic N) is 2. The second kappa shape index (κ2) is 4.96. The highest BCUT2D eigenvalue weighted by Crippen LogP contribution is 2.18. The first-order valence-electron chi connectivity index (χ1n) is 4.97. The predicted molar refractivity (Wildman–Crippen MR) is 65.6 cm³/mol. The number of H-pyrrole nitrogens is 1. The number of nitrogens with one attached hydrogen (secondary N) is 2. The number of thiazole rings is 1. The van der Waals surface area contributed by atoms with E-state index >= 15 is 0 Å². The molecule has 2 aromatic rings. The molecule has 0 saturated carbocycles. The zero-order valence-corrected chi connectivity index (χ0v) is 10.3. The van der Waals surface area contributed by atoms with Crippen molar-refractivity contribution in [3.8, 4) is 5.75 Å². The molecule has 2 N–H and O–H groups in total. The Morgan fingerprint density at radius 2 is 2.35 bits per heavy atom. The SMILES string of the molecule is COc1c(NCc2scnc2C)nc[nH]c1=O. The first-order valence-corrected chi connectivity index (χ1v) is 5.85. The summed E-state index contributed by atoms with van der Waals surface area (Å²) in [6.07, 6.45) is 1.34. The van der Waals surface area contributed by atoms with Gasteiger partial charge in [-0.25, -0.2) is 9.97 Å². The molecule has 0 atom stereocenters. The summed E-state index contributed by atoms with van der Waals surface area (Å²) in [7, 11) is 1.44. The summed E-state index contributed by atoms with van der Waals surface area (Å²) in [4.78, 5) is 23.2. The van der Waals surface area contributed by atoms with Crippen LogP contribution >= 0.6 is 11.3 Å². The molecule has 0 aliphatic heterocycles. The summed E-state index contributed by atoms with van der Waals surface area (Å²) in [6.45, 7) is 2.51. The number of aromatic nitrogens is 3. The van der Waals surface area contributed by atoms with E-state index in [9.17, 15) is 4.79 Å². The highest BCUT2D eigenvalue weighted by atomic mass is 32.1. The van der Waals surface area contributed by atoms with E-state index < -0.39 is 0 Å². The third kappa shape index (κ3) is 2.44. The van der Waals surface area contributed by atoms with Crippen molar-refractivity contribution in [2.45, 2.75) is 13.5 Å². The van der Waals surface area contributed by atoms with Gasteiger partial charge >= 0.3 is 0 Å².